The van der Waals surface area contributed by atoms with Crippen molar-refractivity contribution < 1.29 is 13.2 Å². The Balaban J connectivity index is 1.75. The van der Waals surface area contributed by atoms with Gasteiger partial charge in [-0.2, -0.15) is 0 Å². The van der Waals surface area contributed by atoms with Crippen molar-refractivity contribution in [3.05, 3.63) is 54.1 Å². The first-order chi connectivity index (χ1) is 11.7. The highest BCUT2D eigenvalue weighted by Gasteiger charge is 2.52. The van der Waals surface area contributed by atoms with Gasteiger partial charge in [-0.3, -0.25) is 4.31 Å². The van der Waals surface area contributed by atoms with Crippen LogP contribution in [-0.2, 0) is 15.4 Å². The Hall–Kier alpha value is -2.01. The van der Waals surface area contributed by atoms with Crippen LogP contribution in [0, 0.1) is 0 Å². The van der Waals surface area contributed by atoms with Crippen LogP contribution in [0.3, 0.4) is 0 Å². The number of rotatable bonds is 2. The number of benzene rings is 2. The number of sulfonamides is 1. The van der Waals surface area contributed by atoms with Gasteiger partial charge in [0.2, 0.25) is 0 Å². The van der Waals surface area contributed by atoms with Gasteiger partial charge in [-0.25, -0.2) is 8.42 Å². The van der Waals surface area contributed by atoms with Crippen molar-refractivity contribution in [2.24, 2.45) is 0 Å². The van der Waals surface area contributed by atoms with Crippen LogP contribution in [0.5, 0.6) is 5.75 Å². The first-order valence-electron chi connectivity index (χ1n) is 8.63. The van der Waals surface area contributed by atoms with Crippen LogP contribution in [-0.4, -0.2) is 20.6 Å². The summed E-state index contributed by atoms with van der Waals surface area (Å²) < 4.78 is 34.2. The lowest BCUT2D eigenvalue weighted by Crippen LogP contribution is -2.44. The zero-order valence-electron chi connectivity index (χ0n) is 14.8. The molecule has 0 N–H and O–H groups in total. The second kappa shape index (κ2) is 5.24. The Morgan fingerprint density at radius 1 is 1.00 bits per heavy atom. The zero-order chi connectivity index (χ0) is 17.9. The van der Waals surface area contributed by atoms with E-state index in [0.29, 0.717) is 22.9 Å². The standard InChI is InChI=1S/C20H23NO3S/c1-19(2,3)15-8-10-16(11-9-15)25(22,23)21-14-20(12-13-20)24-18-7-5-4-6-17(18)21/h4-11H,12-14H2,1-3H3. The molecular formula is C20H23NO3S. The first kappa shape index (κ1) is 16.5. The van der Waals surface area contributed by atoms with Crippen LogP contribution in [0.4, 0.5) is 5.69 Å². The lowest BCUT2D eigenvalue weighted by atomic mass is 9.87. The van der Waals surface area contributed by atoms with Gasteiger partial charge in [-0.05, 0) is 48.1 Å². The van der Waals surface area contributed by atoms with E-state index in [1.54, 1.807) is 12.1 Å². The Kier molecular flexibility index (Phi) is 3.45. The van der Waals surface area contributed by atoms with Gasteiger partial charge in [0.1, 0.15) is 11.4 Å². The Morgan fingerprint density at radius 2 is 1.64 bits per heavy atom. The third-order valence-electron chi connectivity index (χ3n) is 5.01. The average Bonchev–Trinajstić information content (AvgIpc) is 3.32. The molecule has 0 atom stereocenters. The van der Waals surface area contributed by atoms with Crippen molar-refractivity contribution in [2.45, 2.75) is 49.5 Å². The van der Waals surface area contributed by atoms with Crippen LogP contribution in [0.25, 0.3) is 0 Å². The molecule has 0 aromatic heterocycles. The first-order valence-corrected chi connectivity index (χ1v) is 10.1. The third kappa shape index (κ3) is 2.80. The maximum Gasteiger partial charge on any atom is 0.264 e. The van der Waals surface area contributed by atoms with Crippen LogP contribution >= 0.6 is 0 Å². The minimum atomic E-state index is -3.62. The molecule has 1 spiro atoms. The van der Waals surface area contributed by atoms with Gasteiger partial charge in [-0.1, -0.05) is 45.0 Å². The van der Waals surface area contributed by atoms with Crippen LogP contribution in [0.2, 0.25) is 0 Å². The van der Waals surface area contributed by atoms with Crippen molar-refractivity contribution in [1.29, 1.82) is 0 Å². The van der Waals surface area contributed by atoms with E-state index in [1.165, 1.54) is 4.31 Å². The van der Waals surface area contributed by atoms with Crippen molar-refractivity contribution in [1.82, 2.24) is 0 Å². The molecule has 0 unspecified atom stereocenters. The van der Waals surface area contributed by atoms with Crippen LogP contribution in [0.15, 0.2) is 53.4 Å². The molecule has 1 aliphatic heterocycles. The molecule has 2 aromatic rings. The molecule has 4 nitrogen and oxygen atoms in total. The smallest absolute Gasteiger partial charge is 0.264 e. The lowest BCUT2D eigenvalue weighted by molar-refractivity contribution is 0.178. The molecular weight excluding hydrogens is 334 g/mol. The molecule has 1 saturated carbocycles. The lowest BCUT2D eigenvalue weighted by Gasteiger charge is -2.35. The monoisotopic (exact) mass is 357 g/mol. The fourth-order valence-electron chi connectivity index (χ4n) is 3.23. The minimum absolute atomic E-state index is 0.00801. The largest absolute Gasteiger partial charge is 0.483 e. The van der Waals surface area contributed by atoms with E-state index in [4.69, 9.17) is 4.74 Å². The van der Waals surface area contributed by atoms with Crippen molar-refractivity contribution in [3.8, 4) is 5.75 Å². The van der Waals surface area contributed by atoms with E-state index in [9.17, 15) is 8.42 Å². The average molecular weight is 357 g/mol. The summed E-state index contributed by atoms with van der Waals surface area (Å²) in [5, 5.41) is 0. The molecule has 0 amide bonds. The van der Waals surface area contributed by atoms with E-state index < -0.39 is 10.0 Å². The predicted molar refractivity (Wildman–Crippen MR) is 98.7 cm³/mol. The Bertz CT molecular complexity index is 907. The number of hydrogen-bond acceptors (Lipinski definition) is 3. The highest BCUT2D eigenvalue weighted by atomic mass is 32.2. The molecule has 4 rings (SSSR count). The summed E-state index contributed by atoms with van der Waals surface area (Å²) >= 11 is 0. The number of para-hydroxylation sites is 2. The molecule has 0 saturated heterocycles. The number of hydrogen-bond donors (Lipinski definition) is 0. The molecule has 132 valence electrons. The molecule has 1 aliphatic carbocycles. The highest BCUT2D eigenvalue weighted by molar-refractivity contribution is 7.92. The van der Waals surface area contributed by atoms with Crippen molar-refractivity contribution in [3.63, 3.8) is 0 Å². The molecule has 0 radical (unpaired) electrons. The number of fused-ring (bicyclic) bond motifs is 1. The second-order valence-corrected chi connectivity index (χ2v) is 9.90. The van der Waals surface area contributed by atoms with Gasteiger partial charge in [0.25, 0.3) is 10.0 Å². The number of anilines is 1. The Labute approximate surface area is 149 Å². The summed E-state index contributed by atoms with van der Waals surface area (Å²) in [6.07, 6.45) is 1.80. The molecule has 5 heteroatoms. The summed E-state index contributed by atoms with van der Waals surface area (Å²) in [6, 6.07) is 14.6. The van der Waals surface area contributed by atoms with E-state index in [-0.39, 0.29) is 11.0 Å². The van der Waals surface area contributed by atoms with E-state index >= 15 is 0 Å². The van der Waals surface area contributed by atoms with Crippen LogP contribution < -0.4 is 9.04 Å². The molecule has 0 bridgehead atoms. The minimum Gasteiger partial charge on any atom is -0.483 e. The van der Waals surface area contributed by atoms with E-state index in [2.05, 4.69) is 20.8 Å². The molecule has 25 heavy (non-hydrogen) atoms. The number of nitrogens with zero attached hydrogens (tertiary/aromatic N) is 1. The normalized spacial score (nSPS) is 18.6. The highest BCUT2D eigenvalue weighted by Crippen LogP contribution is 2.49. The molecule has 1 heterocycles. The van der Waals surface area contributed by atoms with E-state index in [1.807, 2.05) is 36.4 Å². The fourth-order valence-corrected chi connectivity index (χ4v) is 4.78. The quantitative estimate of drug-likeness (QED) is 0.813. The predicted octanol–water partition coefficient (Wildman–Crippen LogP) is 4.10. The van der Waals surface area contributed by atoms with Crippen molar-refractivity contribution >= 4 is 15.7 Å². The van der Waals surface area contributed by atoms with E-state index in [0.717, 1.165) is 18.4 Å². The fraction of sp³-hybridized carbons (Fsp3) is 0.400. The SMILES string of the molecule is CC(C)(C)c1ccc(S(=O)(=O)N2CC3(CC3)Oc3ccccc32)cc1. The van der Waals surface area contributed by atoms with Gasteiger partial charge in [0.15, 0.2) is 0 Å². The van der Waals surface area contributed by atoms with Gasteiger partial charge >= 0.3 is 0 Å². The summed E-state index contributed by atoms with van der Waals surface area (Å²) in [5.41, 5.74) is 1.39. The van der Waals surface area contributed by atoms with Gasteiger partial charge in [-0.15, -0.1) is 0 Å². The molecule has 2 aromatic carbocycles. The summed E-state index contributed by atoms with van der Waals surface area (Å²) in [4.78, 5) is 0.327. The summed E-state index contributed by atoms with van der Waals surface area (Å²) in [5.74, 6) is 0.654. The molecule has 2 aliphatic rings. The van der Waals surface area contributed by atoms with Crippen LogP contribution in [0.1, 0.15) is 39.2 Å². The second-order valence-electron chi connectivity index (χ2n) is 8.04. The Morgan fingerprint density at radius 3 is 2.24 bits per heavy atom. The van der Waals surface area contributed by atoms with Gasteiger partial charge in [0, 0.05) is 0 Å². The summed E-state index contributed by atoms with van der Waals surface area (Å²) in [6.45, 7) is 6.73. The summed E-state index contributed by atoms with van der Waals surface area (Å²) in [7, 11) is -3.62. The third-order valence-corrected chi connectivity index (χ3v) is 6.78. The molecule has 1 fully saturated rings. The number of ether oxygens (including phenoxy) is 1. The zero-order valence-corrected chi connectivity index (χ0v) is 15.6. The maximum atomic E-state index is 13.3. The van der Waals surface area contributed by atoms with Crippen molar-refractivity contribution in [2.75, 3.05) is 10.8 Å². The maximum absolute atomic E-state index is 13.3. The van der Waals surface area contributed by atoms with Gasteiger partial charge < -0.3 is 4.74 Å². The topological polar surface area (TPSA) is 46.6 Å². The van der Waals surface area contributed by atoms with Gasteiger partial charge in [0.05, 0.1) is 17.1 Å².